The van der Waals surface area contributed by atoms with E-state index in [-0.39, 0.29) is 0 Å². The van der Waals surface area contributed by atoms with Crippen molar-refractivity contribution in [3.05, 3.63) is 35.9 Å². The largest absolute Gasteiger partial charge is 0.378 e. The van der Waals surface area contributed by atoms with Gasteiger partial charge in [0, 0.05) is 39.3 Å². The highest BCUT2D eigenvalue weighted by molar-refractivity contribution is 5.77. The summed E-state index contributed by atoms with van der Waals surface area (Å²) in [5.74, 6) is 1.36. The molecule has 1 aromatic carbocycles. The van der Waals surface area contributed by atoms with E-state index in [1.165, 1.54) is 24.8 Å². The highest BCUT2D eigenvalue weighted by Gasteiger charge is 2.19. The molecule has 0 radical (unpaired) electrons. The van der Waals surface area contributed by atoms with Crippen LogP contribution in [0.3, 0.4) is 0 Å². The highest BCUT2D eigenvalue weighted by atomic mass is 16.5. The Morgan fingerprint density at radius 1 is 1.15 bits per heavy atom. The first-order valence-corrected chi connectivity index (χ1v) is 10.2. The SMILES string of the molecule is NC(=NCC1CCC1)NCCCOC1CCN(Cc2ccccc2)CC1. The molecule has 0 unspecified atom stereocenters. The summed E-state index contributed by atoms with van der Waals surface area (Å²) in [4.78, 5) is 6.94. The molecule has 1 aromatic rings. The average molecular weight is 359 g/mol. The van der Waals surface area contributed by atoms with E-state index in [2.05, 4.69) is 45.5 Å². The van der Waals surface area contributed by atoms with Gasteiger partial charge in [-0.3, -0.25) is 9.89 Å². The molecule has 26 heavy (non-hydrogen) atoms. The molecular weight excluding hydrogens is 324 g/mol. The lowest BCUT2D eigenvalue weighted by Gasteiger charge is -2.32. The molecule has 3 rings (SSSR count). The molecule has 0 amide bonds. The molecule has 0 aromatic heterocycles. The highest BCUT2D eigenvalue weighted by Crippen LogP contribution is 2.26. The van der Waals surface area contributed by atoms with Gasteiger partial charge in [0.1, 0.15) is 0 Å². The fourth-order valence-electron chi connectivity index (χ4n) is 3.57. The van der Waals surface area contributed by atoms with Crippen LogP contribution < -0.4 is 11.1 Å². The quantitative estimate of drug-likeness (QED) is 0.405. The van der Waals surface area contributed by atoms with Crippen LogP contribution in [0.1, 0.15) is 44.1 Å². The molecule has 2 fully saturated rings. The Kier molecular flexibility index (Phi) is 7.77. The summed E-state index contributed by atoms with van der Waals surface area (Å²) >= 11 is 0. The minimum atomic E-state index is 0.409. The van der Waals surface area contributed by atoms with Gasteiger partial charge < -0.3 is 15.8 Å². The molecule has 0 atom stereocenters. The number of benzene rings is 1. The van der Waals surface area contributed by atoms with Gasteiger partial charge in [0.2, 0.25) is 0 Å². The van der Waals surface area contributed by atoms with E-state index in [9.17, 15) is 0 Å². The molecule has 0 spiro atoms. The molecule has 144 valence electrons. The fraction of sp³-hybridized carbons (Fsp3) is 0.667. The third-order valence-corrected chi connectivity index (χ3v) is 5.51. The molecule has 1 aliphatic heterocycles. The molecule has 1 aliphatic carbocycles. The van der Waals surface area contributed by atoms with E-state index in [1.807, 2.05) is 0 Å². The Hall–Kier alpha value is -1.59. The van der Waals surface area contributed by atoms with Crippen LogP contribution in [0, 0.1) is 5.92 Å². The van der Waals surface area contributed by atoms with Crippen LogP contribution in [0.25, 0.3) is 0 Å². The van der Waals surface area contributed by atoms with Gasteiger partial charge >= 0.3 is 0 Å². The first-order valence-electron chi connectivity index (χ1n) is 10.2. The van der Waals surface area contributed by atoms with E-state index in [4.69, 9.17) is 10.5 Å². The van der Waals surface area contributed by atoms with Crippen LogP contribution in [0.15, 0.2) is 35.3 Å². The third-order valence-electron chi connectivity index (χ3n) is 5.51. The number of likely N-dealkylation sites (tertiary alicyclic amines) is 1. The second kappa shape index (κ2) is 10.5. The standard InChI is InChI=1S/C21H34N4O/c22-21(24-16-18-8-4-9-18)23-12-5-15-26-20-10-13-25(14-11-20)17-19-6-2-1-3-7-19/h1-3,6-7,18,20H,4-5,8-17H2,(H3,22,23,24). The number of nitrogens with one attached hydrogen (secondary N) is 1. The third kappa shape index (κ3) is 6.61. The summed E-state index contributed by atoms with van der Waals surface area (Å²) in [5, 5.41) is 3.20. The van der Waals surface area contributed by atoms with Crippen LogP contribution in [0.4, 0.5) is 0 Å². The van der Waals surface area contributed by atoms with E-state index in [1.54, 1.807) is 0 Å². The van der Waals surface area contributed by atoms with Crippen molar-refractivity contribution in [2.75, 3.05) is 32.8 Å². The topological polar surface area (TPSA) is 62.9 Å². The van der Waals surface area contributed by atoms with Crippen LogP contribution in [0.2, 0.25) is 0 Å². The zero-order valence-corrected chi connectivity index (χ0v) is 15.9. The monoisotopic (exact) mass is 358 g/mol. The molecule has 3 N–H and O–H groups in total. The van der Waals surface area contributed by atoms with Gasteiger partial charge in [-0.05, 0) is 43.6 Å². The smallest absolute Gasteiger partial charge is 0.188 e. The van der Waals surface area contributed by atoms with Gasteiger partial charge in [0.05, 0.1) is 6.10 Å². The van der Waals surface area contributed by atoms with Crippen molar-refractivity contribution in [1.29, 1.82) is 0 Å². The van der Waals surface area contributed by atoms with Gasteiger partial charge in [-0.2, -0.15) is 0 Å². The second-order valence-electron chi connectivity index (χ2n) is 7.64. The summed E-state index contributed by atoms with van der Waals surface area (Å²) in [6.07, 6.45) is 7.63. The maximum Gasteiger partial charge on any atom is 0.188 e. The summed E-state index contributed by atoms with van der Waals surface area (Å²) in [7, 11) is 0. The lowest BCUT2D eigenvalue weighted by molar-refractivity contribution is 0.00535. The maximum atomic E-state index is 6.04. The van der Waals surface area contributed by atoms with Crippen molar-refractivity contribution in [1.82, 2.24) is 10.2 Å². The summed E-state index contributed by atoms with van der Waals surface area (Å²) in [5.41, 5.74) is 7.29. The normalized spacial score (nSPS) is 20.1. The summed E-state index contributed by atoms with van der Waals surface area (Å²) in [6.45, 7) is 5.82. The van der Waals surface area contributed by atoms with Gasteiger partial charge in [-0.15, -0.1) is 0 Å². The van der Waals surface area contributed by atoms with Crippen molar-refractivity contribution >= 4 is 5.96 Å². The van der Waals surface area contributed by atoms with E-state index < -0.39 is 0 Å². The van der Waals surface area contributed by atoms with Gasteiger partial charge in [0.25, 0.3) is 0 Å². The lowest BCUT2D eigenvalue weighted by atomic mass is 9.86. The zero-order valence-electron chi connectivity index (χ0n) is 15.9. The van der Waals surface area contributed by atoms with Crippen LogP contribution in [0.5, 0.6) is 0 Å². The van der Waals surface area contributed by atoms with Crippen molar-refractivity contribution in [3.63, 3.8) is 0 Å². The Bertz CT molecular complexity index is 536. The van der Waals surface area contributed by atoms with Crippen molar-refractivity contribution < 1.29 is 4.74 Å². The number of aliphatic imine (C=N–C) groups is 1. The fourth-order valence-corrected chi connectivity index (χ4v) is 3.57. The first-order chi connectivity index (χ1) is 12.8. The number of nitrogens with two attached hydrogens (primary N) is 1. The zero-order chi connectivity index (χ0) is 18.0. The van der Waals surface area contributed by atoms with Crippen LogP contribution in [-0.4, -0.2) is 49.7 Å². The number of guanidine groups is 1. The number of hydrogen-bond donors (Lipinski definition) is 2. The molecular formula is C21H34N4O. The first kappa shape index (κ1) is 19.2. The molecule has 5 heteroatoms. The maximum absolute atomic E-state index is 6.04. The number of rotatable bonds is 9. The molecule has 1 heterocycles. The molecule has 5 nitrogen and oxygen atoms in total. The summed E-state index contributed by atoms with van der Waals surface area (Å²) < 4.78 is 6.04. The van der Waals surface area contributed by atoms with Crippen molar-refractivity contribution in [2.45, 2.75) is 51.2 Å². The minimum Gasteiger partial charge on any atom is -0.378 e. The minimum absolute atomic E-state index is 0.409. The van der Waals surface area contributed by atoms with Gasteiger partial charge in [0.15, 0.2) is 5.96 Å². The lowest BCUT2D eigenvalue weighted by Crippen LogP contribution is -2.37. The molecule has 2 aliphatic rings. The Morgan fingerprint density at radius 2 is 1.92 bits per heavy atom. The number of nitrogens with zero attached hydrogens (tertiary/aromatic N) is 2. The van der Waals surface area contributed by atoms with E-state index in [0.717, 1.165) is 64.5 Å². The average Bonchev–Trinajstić information content (AvgIpc) is 2.62. The number of hydrogen-bond acceptors (Lipinski definition) is 3. The predicted octanol–water partition coefficient (Wildman–Crippen LogP) is 2.76. The second-order valence-corrected chi connectivity index (χ2v) is 7.64. The van der Waals surface area contributed by atoms with E-state index in [0.29, 0.717) is 12.1 Å². The molecule has 0 bridgehead atoms. The summed E-state index contributed by atoms with van der Waals surface area (Å²) in [6, 6.07) is 10.7. The molecule has 1 saturated carbocycles. The van der Waals surface area contributed by atoms with Crippen LogP contribution in [-0.2, 0) is 11.3 Å². The molecule has 1 saturated heterocycles. The van der Waals surface area contributed by atoms with Crippen molar-refractivity contribution in [3.8, 4) is 0 Å². The Labute approximate surface area is 158 Å². The van der Waals surface area contributed by atoms with Gasteiger partial charge in [-0.25, -0.2) is 0 Å². The Morgan fingerprint density at radius 3 is 2.62 bits per heavy atom. The van der Waals surface area contributed by atoms with Gasteiger partial charge in [-0.1, -0.05) is 36.8 Å². The predicted molar refractivity (Wildman–Crippen MR) is 107 cm³/mol. The van der Waals surface area contributed by atoms with Crippen LogP contribution >= 0.6 is 0 Å². The number of piperidine rings is 1. The number of ether oxygens (including phenoxy) is 1. The van der Waals surface area contributed by atoms with Crippen molar-refractivity contribution in [2.24, 2.45) is 16.6 Å². The Balaban J connectivity index is 1.20. The van der Waals surface area contributed by atoms with E-state index >= 15 is 0 Å².